The third-order valence-electron chi connectivity index (χ3n) is 4.24. The van der Waals surface area contributed by atoms with E-state index in [2.05, 4.69) is 0 Å². The molecule has 0 saturated carbocycles. The van der Waals surface area contributed by atoms with Crippen molar-refractivity contribution < 1.29 is 19.1 Å². The molecule has 4 heteroatoms. The maximum atomic E-state index is 12.6. The standard InChI is InChI=1S/C24H28O4/c1-18(2)17-27-24(26)22(16-21-12-8-5-9-13-21)19(3)28-23(25)15-14-20-10-6-4-7-11-20/h4-15,18-19,22H,16-17H2,1-3H3/b15-14+. The van der Waals surface area contributed by atoms with Crippen LogP contribution in [-0.4, -0.2) is 24.6 Å². The average molecular weight is 380 g/mol. The summed E-state index contributed by atoms with van der Waals surface area (Å²) in [6.45, 7) is 6.05. The molecule has 0 radical (unpaired) electrons. The van der Waals surface area contributed by atoms with Crippen molar-refractivity contribution in [2.45, 2.75) is 33.3 Å². The number of hydrogen-bond acceptors (Lipinski definition) is 4. The molecule has 0 fully saturated rings. The van der Waals surface area contributed by atoms with Gasteiger partial charge in [0.1, 0.15) is 6.10 Å². The van der Waals surface area contributed by atoms with Crippen LogP contribution in [0.15, 0.2) is 66.7 Å². The van der Waals surface area contributed by atoms with Gasteiger partial charge >= 0.3 is 11.9 Å². The Morgan fingerprint density at radius 1 is 0.929 bits per heavy atom. The average Bonchev–Trinajstić information content (AvgIpc) is 2.70. The predicted molar refractivity (Wildman–Crippen MR) is 110 cm³/mol. The Kier molecular flexibility index (Phi) is 8.47. The summed E-state index contributed by atoms with van der Waals surface area (Å²) in [5.74, 6) is -1.14. The summed E-state index contributed by atoms with van der Waals surface area (Å²) < 4.78 is 10.9. The fourth-order valence-corrected chi connectivity index (χ4v) is 2.70. The van der Waals surface area contributed by atoms with Crippen LogP contribution < -0.4 is 0 Å². The highest BCUT2D eigenvalue weighted by Crippen LogP contribution is 2.18. The number of benzene rings is 2. The SMILES string of the molecule is CC(C)COC(=O)C(Cc1ccccc1)C(C)OC(=O)/C=C/c1ccccc1. The first-order valence-electron chi connectivity index (χ1n) is 9.60. The minimum Gasteiger partial charge on any atom is -0.465 e. The quantitative estimate of drug-likeness (QED) is 0.468. The highest BCUT2D eigenvalue weighted by Gasteiger charge is 2.29. The zero-order chi connectivity index (χ0) is 20.4. The molecule has 0 aliphatic carbocycles. The molecule has 0 bridgehead atoms. The zero-order valence-electron chi connectivity index (χ0n) is 16.7. The molecule has 2 rings (SSSR count). The van der Waals surface area contributed by atoms with Crippen molar-refractivity contribution in [3.05, 3.63) is 77.9 Å². The number of rotatable bonds is 9. The van der Waals surface area contributed by atoms with Crippen LogP contribution >= 0.6 is 0 Å². The first-order valence-corrected chi connectivity index (χ1v) is 9.60. The lowest BCUT2D eigenvalue weighted by atomic mass is 9.94. The van der Waals surface area contributed by atoms with E-state index in [0.717, 1.165) is 11.1 Å². The normalized spacial score (nSPS) is 13.3. The molecule has 2 aromatic rings. The molecular weight excluding hydrogens is 352 g/mol. The second-order valence-corrected chi connectivity index (χ2v) is 7.21. The van der Waals surface area contributed by atoms with Crippen molar-refractivity contribution in [3.8, 4) is 0 Å². The largest absolute Gasteiger partial charge is 0.465 e. The molecule has 0 heterocycles. The summed E-state index contributed by atoms with van der Waals surface area (Å²) in [6.07, 6.45) is 2.92. The van der Waals surface area contributed by atoms with E-state index in [0.29, 0.717) is 13.0 Å². The minimum absolute atomic E-state index is 0.244. The van der Waals surface area contributed by atoms with Crippen LogP contribution in [-0.2, 0) is 25.5 Å². The first-order chi connectivity index (χ1) is 13.5. The van der Waals surface area contributed by atoms with E-state index in [1.54, 1.807) is 13.0 Å². The lowest BCUT2D eigenvalue weighted by molar-refractivity contribution is -0.159. The Balaban J connectivity index is 2.04. The van der Waals surface area contributed by atoms with Crippen molar-refractivity contribution in [2.24, 2.45) is 11.8 Å². The summed E-state index contributed by atoms with van der Waals surface area (Å²) in [7, 11) is 0. The number of esters is 2. The highest BCUT2D eigenvalue weighted by atomic mass is 16.6. The van der Waals surface area contributed by atoms with Gasteiger partial charge in [-0.3, -0.25) is 4.79 Å². The third-order valence-corrected chi connectivity index (χ3v) is 4.24. The highest BCUT2D eigenvalue weighted by molar-refractivity contribution is 5.87. The van der Waals surface area contributed by atoms with Gasteiger partial charge in [0, 0.05) is 6.08 Å². The fourth-order valence-electron chi connectivity index (χ4n) is 2.70. The molecule has 2 unspecified atom stereocenters. The molecule has 148 valence electrons. The molecule has 0 spiro atoms. The Morgan fingerprint density at radius 2 is 1.54 bits per heavy atom. The van der Waals surface area contributed by atoms with Crippen molar-refractivity contribution in [2.75, 3.05) is 6.61 Å². The number of ether oxygens (including phenoxy) is 2. The molecule has 0 aliphatic rings. The molecule has 0 N–H and O–H groups in total. The van der Waals surface area contributed by atoms with Crippen molar-refractivity contribution >= 4 is 18.0 Å². The second-order valence-electron chi connectivity index (χ2n) is 7.21. The van der Waals surface area contributed by atoms with Crippen LogP contribution in [0.3, 0.4) is 0 Å². The zero-order valence-corrected chi connectivity index (χ0v) is 16.7. The smallest absolute Gasteiger partial charge is 0.331 e. The maximum absolute atomic E-state index is 12.6. The van der Waals surface area contributed by atoms with Crippen LogP contribution in [0.1, 0.15) is 31.9 Å². The van der Waals surface area contributed by atoms with Crippen LogP contribution in [0.25, 0.3) is 6.08 Å². The third kappa shape index (κ3) is 7.39. The molecule has 0 aromatic heterocycles. The Morgan fingerprint density at radius 3 is 2.14 bits per heavy atom. The summed E-state index contributed by atoms with van der Waals surface area (Å²) in [5.41, 5.74) is 1.90. The van der Waals surface area contributed by atoms with Crippen LogP contribution in [0.4, 0.5) is 0 Å². The molecular formula is C24H28O4. The predicted octanol–water partition coefficient (Wildman–Crippen LogP) is 4.69. The van der Waals surface area contributed by atoms with E-state index in [-0.39, 0.29) is 11.9 Å². The first kappa shape index (κ1) is 21.4. The lowest BCUT2D eigenvalue weighted by Gasteiger charge is -2.23. The Hall–Kier alpha value is -2.88. The monoisotopic (exact) mass is 380 g/mol. The van der Waals surface area contributed by atoms with Gasteiger partial charge in [0.15, 0.2) is 0 Å². The van der Waals surface area contributed by atoms with Crippen LogP contribution in [0.5, 0.6) is 0 Å². The topological polar surface area (TPSA) is 52.6 Å². The van der Waals surface area contributed by atoms with Gasteiger partial charge in [-0.2, -0.15) is 0 Å². The molecule has 2 atom stereocenters. The van der Waals surface area contributed by atoms with Gasteiger partial charge < -0.3 is 9.47 Å². The Bertz CT molecular complexity index is 766. The lowest BCUT2D eigenvalue weighted by Crippen LogP contribution is -2.33. The molecule has 2 aromatic carbocycles. The summed E-state index contributed by atoms with van der Waals surface area (Å²) in [5, 5.41) is 0. The minimum atomic E-state index is -0.604. The summed E-state index contributed by atoms with van der Waals surface area (Å²) in [4.78, 5) is 24.8. The van der Waals surface area contributed by atoms with Crippen molar-refractivity contribution in [1.29, 1.82) is 0 Å². The van der Waals surface area contributed by atoms with Gasteiger partial charge in [0.2, 0.25) is 0 Å². The molecule has 0 amide bonds. The van der Waals surface area contributed by atoms with Crippen LogP contribution in [0, 0.1) is 11.8 Å². The molecule has 0 saturated heterocycles. The summed E-state index contributed by atoms with van der Waals surface area (Å²) in [6, 6.07) is 19.2. The Labute approximate surface area is 167 Å². The van der Waals surface area contributed by atoms with Gasteiger partial charge in [0.05, 0.1) is 12.5 Å². The van der Waals surface area contributed by atoms with E-state index in [9.17, 15) is 9.59 Å². The number of hydrogen-bond donors (Lipinski definition) is 0. The van der Waals surface area contributed by atoms with E-state index < -0.39 is 18.0 Å². The number of carbonyl (C=O) groups is 2. The second kappa shape index (κ2) is 11.1. The number of carbonyl (C=O) groups excluding carboxylic acids is 2. The molecule has 0 aliphatic heterocycles. The van der Waals surface area contributed by atoms with Crippen molar-refractivity contribution in [3.63, 3.8) is 0 Å². The van der Waals surface area contributed by atoms with E-state index >= 15 is 0 Å². The van der Waals surface area contributed by atoms with E-state index in [4.69, 9.17) is 9.47 Å². The fraction of sp³-hybridized carbons (Fsp3) is 0.333. The maximum Gasteiger partial charge on any atom is 0.331 e. The van der Waals surface area contributed by atoms with Crippen LogP contribution in [0.2, 0.25) is 0 Å². The molecule has 4 nitrogen and oxygen atoms in total. The van der Waals surface area contributed by atoms with E-state index in [1.165, 1.54) is 6.08 Å². The van der Waals surface area contributed by atoms with Crippen molar-refractivity contribution in [1.82, 2.24) is 0 Å². The van der Waals surface area contributed by atoms with Gasteiger partial charge in [-0.25, -0.2) is 4.79 Å². The van der Waals surface area contributed by atoms with Gasteiger partial charge in [0.25, 0.3) is 0 Å². The van der Waals surface area contributed by atoms with Gasteiger partial charge in [-0.15, -0.1) is 0 Å². The summed E-state index contributed by atoms with van der Waals surface area (Å²) >= 11 is 0. The molecule has 28 heavy (non-hydrogen) atoms. The van der Waals surface area contributed by atoms with E-state index in [1.807, 2.05) is 74.5 Å². The van der Waals surface area contributed by atoms with Gasteiger partial charge in [-0.1, -0.05) is 74.5 Å². The van der Waals surface area contributed by atoms with Gasteiger partial charge in [-0.05, 0) is 36.5 Å².